The molecule has 2 rings (SSSR count). The van der Waals surface area contributed by atoms with Crippen LogP contribution in [0.25, 0.3) is 11.5 Å². The fourth-order valence-corrected chi connectivity index (χ4v) is 1.64. The van der Waals surface area contributed by atoms with Gasteiger partial charge >= 0.3 is 0 Å². The van der Waals surface area contributed by atoms with E-state index in [2.05, 4.69) is 10.3 Å². The van der Waals surface area contributed by atoms with Gasteiger partial charge in [0.25, 0.3) is 0 Å². The maximum Gasteiger partial charge on any atom is 0.232 e. The normalized spacial score (nSPS) is 11.0. The number of aromatic nitrogens is 1. The zero-order valence-corrected chi connectivity index (χ0v) is 10.8. The van der Waals surface area contributed by atoms with Gasteiger partial charge in [0, 0.05) is 32.3 Å². The van der Waals surface area contributed by atoms with E-state index in [1.165, 1.54) is 6.26 Å². The predicted molar refractivity (Wildman–Crippen MR) is 65.4 cm³/mol. The molecule has 4 nitrogen and oxygen atoms in total. The first kappa shape index (κ1) is 14.5. The van der Waals surface area contributed by atoms with Crippen molar-refractivity contribution in [1.29, 1.82) is 0 Å². The highest BCUT2D eigenvalue weighted by Crippen LogP contribution is 2.26. The first-order valence-electron chi connectivity index (χ1n) is 5.90. The smallest absolute Gasteiger partial charge is 0.232 e. The molecule has 0 fully saturated rings. The molecule has 0 unspecified atom stereocenters. The SMILES string of the molecule is COCCNCc1coc(-c2c(F)cc(F)cc2F)n1. The number of rotatable bonds is 6. The van der Waals surface area contributed by atoms with Crippen LogP contribution in [0.1, 0.15) is 5.69 Å². The Morgan fingerprint density at radius 1 is 1.25 bits per heavy atom. The lowest BCUT2D eigenvalue weighted by atomic mass is 10.2. The maximum absolute atomic E-state index is 13.5. The topological polar surface area (TPSA) is 47.3 Å². The lowest BCUT2D eigenvalue weighted by molar-refractivity contribution is 0.199. The lowest BCUT2D eigenvalue weighted by Gasteiger charge is -2.01. The second kappa shape index (κ2) is 6.53. The number of ether oxygens (including phenoxy) is 1. The van der Waals surface area contributed by atoms with E-state index in [0.29, 0.717) is 37.5 Å². The Kier molecular flexibility index (Phi) is 4.75. The van der Waals surface area contributed by atoms with Crippen molar-refractivity contribution in [2.75, 3.05) is 20.3 Å². The number of hydrogen-bond donors (Lipinski definition) is 1. The van der Waals surface area contributed by atoms with Gasteiger partial charge in [0.2, 0.25) is 5.89 Å². The van der Waals surface area contributed by atoms with E-state index in [0.717, 1.165) is 0 Å². The Labute approximate surface area is 113 Å². The van der Waals surface area contributed by atoms with Gasteiger partial charge in [0.05, 0.1) is 12.3 Å². The summed E-state index contributed by atoms with van der Waals surface area (Å²) in [6, 6.07) is 1.16. The Hall–Kier alpha value is -1.86. The minimum absolute atomic E-state index is 0.219. The molecule has 0 saturated heterocycles. The van der Waals surface area contributed by atoms with Crippen LogP contribution in [0, 0.1) is 17.5 Å². The van der Waals surface area contributed by atoms with Gasteiger partial charge in [-0.2, -0.15) is 0 Å². The molecule has 0 amide bonds. The summed E-state index contributed by atoms with van der Waals surface area (Å²) in [6.45, 7) is 1.52. The van der Waals surface area contributed by atoms with E-state index >= 15 is 0 Å². The van der Waals surface area contributed by atoms with E-state index < -0.39 is 23.0 Å². The largest absolute Gasteiger partial charge is 0.444 e. The van der Waals surface area contributed by atoms with Crippen LogP contribution in [0.3, 0.4) is 0 Å². The first-order valence-corrected chi connectivity index (χ1v) is 5.90. The first-order chi connectivity index (χ1) is 9.61. The highest BCUT2D eigenvalue weighted by Gasteiger charge is 2.18. The van der Waals surface area contributed by atoms with Gasteiger partial charge in [-0.05, 0) is 0 Å². The summed E-state index contributed by atoms with van der Waals surface area (Å²) < 4.78 is 49.8. The molecule has 1 aromatic carbocycles. The quantitative estimate of drug-likeness (QED) is 0.829. The highest BCUT2D eigenvalue weighted by molar-refractivity contribution is 5.55. The van der Waals surface area contributed by atoms with Gasteiger partial charge in [-0.1, -0.05) is 0 Å². The van der Waals surface area contributed by atoms with Gasteiger partial charge < -0.3 is 14.5 Å². The van der Waals surface area contributed by atoms with Gasteiger partial charge in [-0.3, -0.25) is 0 Å². The molecule has 2 aromatic rings. The van der Waals surface area contributed by atoms with Crippen molar-refractivity contribution in [2.45, 2.75) is 6.54 Å². The molecule has 0 radical (unpaired) electrons. The van der Waals surface area contributed by atoms with Gasteiger partial charge in [-0.25, -0.2) is 18.2 Å². The molecule has 0 aliphatic rings. The summed E-state index contributed by atoms with van der Waals surface area (Å²) in [5.74, 6) is -3.31. The average Bonchev–Trinajstić information content (AvgIpc) is 2.82. The van der Waals surface area contributed by atoms with Crippen molar-refractivity contribution in [3.8, 4) is 11.5 Å². The fraction of sp³-hybridized carbons (Fsp3) is 0.308. The van der Waals surface area contributed by atoms with E-state index in [1.54, 1.807) is 7.11 Å². The molecule has 0 aliphatic heterocycles. The minimum atomic E-state index is -1.05. The van der Waals surface area contributed by atoms with Crippen LogP contribution in [0.2, 0.25) is 0 Å². The van der Waals surface area contributed by atoms with Crippen molar-refractivity contribution < 1.29 is 22.3 Å². The zero-order valence-electron chi connectivity index (χ0n) is 10.8. The number of oxazole rings is 1. The van der Waals surface area contributed by atoms with Gasteiger partial charge in [0.15, 0.2) is 0 Å². The Balaban J connectivity index is 2.13. The summed E-state index contributed by atoms with van der Waals surface area (Å²) in [7, 11) is 1.58. The third-order valence-electron chi connectivity index (χ3n) is 2.56. The average molecular weight is 286 g/mol. The van der Waals surface area contributed by atoms with Crippen molar-refractivity contribution in [3.05, 3.63) is 41.5 Å². The molecule has 1 aromatic heterocycles. The Bertz CT molecular complexity index is 564. The molecule has 108 valence electrons. The van der Waals surface area contributed by atoms with Crippen LogP contribution in [-0.2, 0) is 11.3 Å². The van der Waals surface area contributed by atoms with Crippen molar-refractivity contribution in [3.63, 3.8) is 0 Å². The van der Waals surface area contributed by atoms with Gasteiger partial charge in [0.1, 0.15) is 29.3 Å². The number of halogens is 3. The van der Waals surface area contributed by atoms with Crippen LogP contribution in [0.5, 0.6) is 0 Å². The van der Waals surface area contributed by atoms with Crippen molar-refractivity contribution in [2.24, 2.45) is 0 Å². The Morgan fingerprint density at radius 2 is 1.95 bits per heavy atom. The summed E-state index contributed by atoms with van der Waals surface area (Å²) >= 11 is 0. The zero-order chi connectivity index (χ0) is 14.5. The fourth-order valence-electron chi connectivity index (χ4n) is 1.64. The summed E-state index contributed by atoms with van der Waals surface area (Å²) in [5.41, 5.74) is 0.00812. The number of nitrogens with zero attached hydrogens (tertiary/aromatic N) is 1. The molecule has 7 heteroatoms. The summed E-state index contributed by atoms with van der Waals surface area (Å²) in [4.78, 5) is 3.96. The maximum atomic E-state index is 13.5. The molecular formula is C13H13F3N2O2. The molecule has 0 atom stereocenters. The van der Waals surface area contributed by atoms with Crippen LogP contribution in [0.4, 0.5) is 13.2 Å². The van der Waals surface area contributed by atoms with Crippen LogP contribution < -0.4 is 5.32 Å². The molecule has 20 heavy (non-hydrogen) atoms. The summed E-state index contributed by atoms with van der Waals surface area (Å²) in [6.07, 6.45) is 1.29. The van der Waals surface area contributed by atoms with Crippen molar-refractivity contribution in [1.82, 2.24) is 10.3 Å². The number of benzene rings is 1. The predicted octanol–water partition coefficient (Wildman–Crippen LogP) is 2.49. The minimum Gasteiger partial charge on any atom is -0.444 e. The van der Waals surface area contributed by atoms with Crippen LogP contribution >= 0.6 is 0 Å². The molecule has 0 bridgehead atoms. The standard InChI is InChI=1S/C13H13F3N2O2/c1-19-3-2-17-6-9-7-20-13(18-9)12-10(15)4-8(14)5-11(12)16/h4-5,7,17H,2-3,6H2,1H3. The third kappa shape index (κ3) is 3.37. The monoisotopic (exact) mass is 286 g/mol. The second-order valence-corrected chi connectivity index (χ2v) is 4.06. The molecule has 0 aliphatic carbocycles. The van der Waals surface area contributed by atoms with E-state index in [4.69, 9.17) is 9.15 Å². The molecule has 1 N–H and O–H groups in total. The Morgan fingerprint density at radius 3 is 2.60 bits per heavy atom. The second-order valence-electron chi connectivity index (χ2n) is 4.06. The molecule has 0 saturated carbocycles. The number of methoxy groups -OCH3 is 1. The van der Waals surface area contributed by atoms with Gasteiger partial charge in [-0.15, -0.1) is 0 Å². The highest BCUT2D eigenvalue weighted by atomic mass is 19.1. The van der Waals surface area contributed by atoms with E-state index in [1.807, 2.05) is 0 Å². The third-order valence-corrected chi connectivity index (χ3v) is 2.56. The van der Waals surface area contributed by atoms with Crippen LogP contribution in [0.15, 0.2) is 22.8 Å². The van der Waals surface area contributed by atoms with Crippen LogP contribution in [-0.4, -0.2) is 25.2 Å². The molecule has 0 spiro atoms. The molecule has 1 heterocycles. The lowest BCUT2D eigenvalue weighted by Crippen LogP contribution is -2.18. The number of nitrogens with one attached hydrogen (secondary N) is 1. The van der Waals surface area contributed by atoms with E-state index in [-0.39, 0.29) is 5.89 Å². The number of hydrogen-bond acceptors (Lipinski definition) is 4. The van der Waals surface area contributed by atoms with Crippen molar-refractivity contribution >= 4 is 0 Å². The van der Waals surface area contributed by atoms with E-state index in [9.17, 15) is 13.2 Å². The summed E-state index contributed by atoms with van der Waals surface area (Å²) in [5, 5.41) is 3.01. The molecular weight excluding hydrogens is 273 g/mol.